The van der Waals surface area contributed by atoms with Gasteiger partial charge in [0.25, 0.3) is 0 Å². The summed E-state index contributed by atoms with van der Waals surface area (Å²) in [6.45, 7) is 10.5. The Morgan fingerprint density at radius 1 is 1.20 bits per heavy atom. The van der Waals surface area contributed by atoms with Gasteiger partial charge in [0, 0.05) is 6.42 Å². The molecule has 0 aromatic heterocycles. The van der Waals surface area contributed by atoms with E-state index in [0.717, 1.165) is 6.42 Å². The van der Waals surface area contributed by atoms with E-state index in [-0.39, 0.29) is 12.2 Å². The van der Waals surface area contributed by atoms with Crippen LogP contribution in [0.25, 0.3) is 0 Å². The predicted octanol–water partition coefficient (Wildman–Crippen LogP) is 3.59. The molecule has 120 valence electrons. The van der Waals surface area contributed by atoms with E-state index in [0.29, 0.717) is 13.0 Å². The number of nitrogens with one attached hydrogen (secondary N) is 1. The summed E-state index contributed by atoms with van der Waals surface area (Å²) in [5.74, 6) is -0.814. The number of likely N-dealkylation sites (N-methyl/N-ethyl adjacent to an activating group) is 1. The topological polar surface area (TPSA) is 58.6 Å². The van der Waals surface area contributed by atoms with E-state index >= 15 is 0 Å². The summed E-state index contributed by atoms with van der Waals surface area (Å²) in [7, 11) is 0. The van der Waals surface area contributed by atoms with Gasteiger partial charge in [0.05, 0.1) is 12.2 Å². The molecule has 2 N–H and O–H groups in total. The maximum absolute atomic E-state index is 11.4. The van der Waals surface area contributed by atoms with E-state index in [1.165, 1.54) is 25.7 Å². The van der Waals surface area contributed by atoms with Gasteiger partial charge in [-0.05, 0) is 33.7 Å². The minimum absolute atomic E-state index is 0.0590. The van der Waals surface area contributed by atoms with E-state index in [1.807, 2.05) is 13.8 Å². The molecule has 0 bridgehead atoms. The van der Waals surface area contributed by atoms with Crippen molar-refractivity contribution in [1.29, 1.82) is 0 Å². The second-order valence-corrected chi connectivity index (χ2v) is 5.98. The molecule has 0 saturated heterocycles. The molecule has 0 spiro atoms. The molecule has 0 aromatic rings. The summed E-state index contributed by atoms with van der Waals surface area (Å²) in [4.78, 5) is 11.4. The van der Waals surface area contributed by atoms with Crippen LogP contribution in [-0.2, 0) is 9.53 Å². The van der Waals surface area contributed by atoms with Crippen molar-refractivity contribution < 1.29 is 14.6 Å². The van der Waals surface area contributed by atoms with E-state index in [2.05, 4.69) is 19.2 Å². The van der Waals surface area contributed by atoms with Gasteiger partial charge in [-0.25, -0.2) is 0 Å². The molecule has 20 heavy (non-hydrogen) atoms. The van der Waals surface area contributed by atoms with Crippen LogP contribution in [0.15, 0.2) is 0 Å². The van der Waals surface area contributed by atoms with E-state index < -0.39 is 11.5 Å². The highest BCUT2D eigenvalue weighted by atomic mass is 16.5. The second kappa shape index (κ2) is 10.2. The number of ether oxygens (including phenoxy) is 1. The lowest BCUT2D eigenvalue weighted by Crippen LogP contribution is -2.51. The first kappa shape index (κ1) is 19.4. The van der Waals surface area contributed by atoms with E-state index in [4.69, 9.17) is 4.74 Å². The van der Waals surface area contributed by atoms with Crippen LogP contribution in [0.3, 0.4) is 0 Å². The number of aliphatic carboxylic acids is 1. The minimum Gasteiger partial charge on any atom is -0.480 e. The molecule has 0 radical (unpaired) electrons. The SMILES string of the molecule is CCCCCCC(C)OC(C)CC(C)(NCC)C(=O)O. The predicted molar refractivity (Wildman–Crippen MR) is 83.1 cm³/mol. The fraction of sp³-hybridized carbons (Fsp3) is 0.938. The van der Waals surface area contributed by atoms with Crippen molar-refractivity contribution in [3.8, 4) is 0 Å². The van der Waals surface area contributed by atoms with Gasteiger partial charge in [0.1, 0.15) is 5.54 Å². The fourth-order valence-electron chi connectivity index (χ4n) is 2.57. The van der Waals surface area contributed by atoms with E-state index in [1.54, 1.807) is 6.92 Å². The Balaban J connectivity index is 4.12. The third-order valence-electron chi connectivity index (χ3n) is 3.66. The van der Waals surface area contributed by atoms with Crippen LogP contribution in [0.2, 0.25) is 0 Å². The minimum atomic E-state index is -0.907. The average Bonchev–Trinajstić information content (AvgIpc) is 2.34. The quantitative estimate of drug-likeness (QED) is 0.539. The van der Waals surface area contributed by atoms with Crippen LogP contribution < -0.4 is 5.32 Å². The van der Waals surface area contributed by atoms with Crippen LogP contribution >= 0.6 is 0 Å². The summed E-state index contributed by atoms with van der Waals surface area (Å²) in [6.07, 6.45) is 6.63. The van der Waals surface area contributed by atoms with Crippen LogP contribution in [0, 0.1) is 0 Å². The number of carbonyl (C=O) groups is 1. The normalized spacial score (nSPS) is 17.4. The number of carboxylic acids is 1. The Hall–Kier alpha value is -0.610. The number of rotatable bonds is 12. The molecule has 0 heterocycles. The Labute approximate surface area is 124 Å². The first-order valence-corrected chi connectivity index (χ1v) is 7.99. The maximum atomic E-state index is 11.4. The number of carboxylic acid groups (broad SMARTS) is 1. The standard InChI is InChI=1S/C16H33NO3/c1-6-8-9-10-11-13(3)20-14(4)12-16(5,15(18)19)17-7-2/h13-14,17H,6-12H2,1-5H3,(H,18,19). The molecular weight excluding hydrogens is 254 g/mol. The van der Waals surface area contributed by atoms with Gasteiger partial charge < -0.3 is 15.2 Å². The molecule has 0 rings (SSSR count). The molecule has 4 nitrogen and oxygen atoms in total. The number of unbranched alkanes of at least 4 members (excludes halogenated alkanes) is 3. The molecule has 0 aliphatic carbocycles. The fourth-order valence-corrected chi connectivity index (χ4v) is 2.57. The highest BCUT2D eigenvalue weighted by Crippen LogP contribution is 2.18. The van der Waals surface area contributed by atoms with Crippen molar-refractivity contribution in [3.05, 3.63) is 0 Å². The van der Waals surface area contributed by atoms with Gasteiger partial charge in [-0.15, -0.1) is 0 Å². The van der Waals surface area contributed by atoms with Crippen molar-refractivity contribution in [1.82, 2.24) is 5.32 Å². The van der Waals surface area contributed by atoms with Crippen LogP contribution in [0.5, 0.6) is 0 Å². The third kappa shape index (κ3) is 7.85. The zero-order valence-electron chi connectivity index (χ0n) is 13.9. The number of hydrogen-bond donors (Lipinski definition) is 2. The lowest BCUT2D eigenvalue weighted by molar-refractivity contribution is -0.146. The molecule has 0 aliphatic heterocycles. The summed E-state index contributed by atoms with van der Waals surface area (Å²) < 4.78 is 5.92. The monoisotopic (exact) mass is 287 g/mol. The van der Waals surface area contributed by atoms with Crippen molar-refractivity contribution in [3.63, 3.8) is 0 Å². The Morgan fingerprint density at radius 2 is 1.85 bits per heavy atom. The molecule has 0 amide bonds. The van der Waals surface area contributed by atoms with Crippen molar-refractivity contribution in [2.75, 3.05) is 6.54 Å². The smallest absolute Gasteiger partial charge is 0.323 e. The number of hydrogen-bond acceptors (Lipinski definition) is 3. The first-order chi connectivity index (χ1) is 9.35. The zero-order chi connectivity index (χ0) is 15.6. The van der Waals surface area contributed by atoms with Crippen LogP contribution in [0.4, 0.5) is 0 Å². The third-order valence-corrected chi connectivity index (χ3v) is 3.66. The Morgan fingerprint density at radius 3 is 2.35 bits per heavy atom. The van der Waals surface area contributed by atoms with Gasteiger partial charge in [0.15, 0.2) is 0 Å². The Kier molecular flexibility index (Phi) is 9.86. The van der Waals surface area contributed by atoms with Crippen LogP contribution in [0.1, 0.15) is 73.1 Å². The second-order valence-electron chi connectivity index (χ2n) is 5.98. The average molecular weight is 287 g/mol. The summed E-state index contributed by atoms with van der Waals surface area (Å²) >= 11 is 0. The zero-order valence-corrected chi connectivity index (χ0v) is 13.9. The van der Waals surface area contributed by atoms with Crippen LogP contribution in [-0.4, -0.2) is 35.4 Å². The molecule has 0 aromatic carbocycles. The highest BCUT2D eigenvalue weighted by molar-refractivity contribution is 5.78. The lowest BCUT2D eigenvalue weighted by Gasteiger charge is -2.30. The summed E-state index contributed by atoms with van der Waals surface area (Å²) in [5, 5.41) is 12.4. The van der Waals surface area contributed by atoms with Gasteiger partial charge in [0.2, 0.25) is 0 Å². The lowest BCUT2D eigenvalue weighted by atomic mass is 9.94. The molecule has 0 aliphatic rings. The summed E-state index contributed by atoms with van der Waals surface area (Å²) in [6, 6.07) is 0. The molecule has 0 fully saturated rings. The van der Waals surface area contributed by atoms with Gasteiger partial charge >= 0.3 is 5.97 Å². The van der Waals surface area contributed by atoms with Gasteiger partial charge in [-0.1, -0.05) is 39.5 Å². The first-order valence-electron chi connectivity index (χ1n) is 7.99. The van der Waals surface area contributed by atoms with Crippen molar-refractivity contribution in [2.45, 2.75) is 90.9 Å². The molecule has 3 unspecified atom stereocenters. The highest BCUT2D eigenvalue weighted by Gasteiger charge is 2.34. The van der Waals surface area contributed by atoms with Gasteiger partial charge in [-0.2, -0.15) is 0 Å². The molecule has 4 heteroatoms. The Bertz CT molecular complexity index is 270. The molecule has 3 atom stereocenters. The van der Waals surface area contributed by atoms with Crippen molar-refractivity contribution >= 4 is 5.97 Å². The molecular formula is C16H33NO3. The molecule has 0 saturated carbocycles. The maximum Gasteiger partial charge on any atom is 0.323 e. The van der Waals surface area contributed by atoms with Crippen molar-refractivity contribution in [2.24, 2.45) is 0 Å². The summed E-state index contributed by atoms with van der Waals surface area (Å²) in [5.41, 5.74) is -0.907. The van der Waals surface area contributed by atoms with Gasteiger partial charge in [-0.3, -0.25) is 4.79 Å². The largest absolute Gasteiger partial charge is 0.480 e. The van der Waals surface area contributed by atoms with E-state index in [9.17, 15) is 9.90 Å².